The van der Waals surface area contributed by atoms with Crippen molar-refractivity contribution >= 4 is 0 Å². The first-order valence-corrected chi connectivity index (χ1v) is 7.16. The first-order chi connectivity index (χ1) is 9.05. The van der Waals surface area contributed by atoms with Crippen molar-refractivity contribution < 1.29 is 10.2 Å². The predicted octanol–water partition coefficient (Wildman–Crippen LogP) is 1.99. The molecule has 1 aliphatic carbocycles. The second-order valence-corrected chi connectivity index (χ2v) is 5.95. The molecule has 1 aromatic rings. The Morgan fingerprint density at radius 1 is 1.21 bits per heavy atom. The molecule has 0 aromatic heterocycles. The van der Waals surface area contributed by atoms with E-state index in [2.05, 4.69) is 0 Å². The van der Waals surface area contributed by atoms with E-state index in [0.717, 1.165) is 31.2 Å². The highest BCUT2D eigenvalue weighted by Crippen LogP contribution is 2.42. The zero-order valence-electron chi connectivity index (χ0n) is 11.9. The highest BCUT2D eigenvalue weighted by Gasteiger charge is 2.45. The van der Waals surface area contributed by atoms with Gasteiger partial charge in [0.05, 0.1) is 6.10 Å². The predicted molar refractivity (Wildman–Crippen MR) is 76.9 cm³/mol. The van der Waals surface area contributed by atoms with E-state index in [4.69, 9.17) is 0 Å². The lowest BCUT2D eigenvalue weighted by Gasteiger charge is -2.39. The molecule has 0 heterocycles. The minimum atomic E-state index is -1.12. The Bertz CT molecular complexity index is 387. The van der Waals surface area contributed by atoms with Crippen LogP contribution < -0.4 is 0 Å². The molecule has 3 nitrogen and oxygen atoms in total. The summed E-state index contributed by atoms with van der Waals surface area (Å²) in [6.07, 6.45) is 3.53. The maximum atomic E-state index is 11.2. The van der Waals surface area contributed by atoms with Crippen molar-refractivity contribution in [3.63, 3.8) is 0 Å². The number of hydrogen-bond acceptors (Lipinski definition) is 3. The maximum absolute atomic E-state index is 11.2. The summed E-state index contributed by atoms with van der Waals surface area (Å²) in [5.74, 6) is 0.157. The van der Waals surface area contributed by atoms with E-state index in [1.165, 1.54) is 0 Å². The van der Waals surface area contributed by atoms with Crippen LogP contribution in [0.5, 0.6) is 0 Å². The molecule has 3 heteroatoms. The van der Waals surface area contributed by atoms with Gasteiger partial charge in [-0.3, -0.25) is 0 Å². The molecule has 1 saturated carbocycles. The van der Waals surface area contributed by atoms with Gasteiger partial charge in [-0.25, -0.2) is 0 Å². The average Bonchev–Trinajstić information content (AvgIpc) is 2.92. The topological polar surface area (TPSA) is 43.7 Å². The van der Waals surface area contributed by atoms with Gasteiger partial charge in [0.25, 0.3) is 0 Å². The number of benzene rings is 1. The lowest BCUT2D eigenvalue weighted by Crippen LogP contribution is -2.49. The zero-order valence-corrected chi connectivity index (χ0v) is 11.9. The summed E-state index contributed by atoms with van der Waals surface area (Å²) in [4.78, 5) is 1.92. The Morgan fingerprint density at radius 2 is 1.79 bits per heavy atom. The monoisotopic (exact) mass is 263 g/mol. The summed E-state index contributed by atoms with van der Waals surface area (Å²) in [6, 6.07) is 9.65. The van der Waals surface area contributed by atoms with Gasteiger partial charge in [0.2, 0.25) is 0 Å². The van der Waals surface area contributed by atoms with Gasteiger partial charge in [0.15, 0.2) is 0 Å². The van der Waals surface area contributed by atoms with Crippen molar-refractivity contribution in [1.82, 2.24) is 4.90 Å². The van der Waals surface area contributed by atoms with Crippen LogP contribution in [0.15, 0.2) is 30.3 Å². The number of rotatable bonds is 5. The molecule has 0 bridgehead atoms. The van der Waals surface area contributed by atoms with E-state index < -0.39 is 11.7 Å². The largest absolute Gasteiger partial charge is 0.388 e. The highest BCUT2D eigenvalue weighted by atomic mass is 16.3. The zero-order chi connectivity index (χ0) is 13.9. The Kier molecular flexibility index (Phi) is 4.61. The highest BCUT2D eigenvalue weighted by molar-refractivity contribution is 5.25. The summed E-state index contributed by atoms with van der Waals surface area (Å²) in [5, 5.41) is 21.8. The first-order valence-electron chi connectivity index (χ1n) is 7.16. The van der Waals surface area contributed by atoms with Crippen LogP contribution in [0.3, 0.4) is 0 Å². The fourth-order valence-corrected chi connectivity index (χ4v) is 3.26. The van der Waals surface area contributed by atoms with E-state index >= 15 is 0 Å². The molecule has 1 aliphatic rings. The first kappa shape index (κ1) is 14.5. The molecule has 106 valence electrons. The van der Waals surface area contributed by atoms with Gasteiger partial charge in [0, 0.05) is 6.54 Å². The summed E-state index contributed by atoms with van der Waals surface area (Å²) < 4.78 is 0. The Labute approximate surface area is 115 Å². The van der Waals surface area contributed by atoms with Gasteiger partial charge in [0.1, 0.15) is 5.60 Å². The van der Waals surface area contributed by atoms with Gasteiger partial charge < -0.3 is 15.1 Å². The number of nitrogens with zero attached hydrogens (tertiary/aromatic N) is 1. The quantitative estimate of drug-likeness (QED) is 0.854. The summed E-state index contributed by atoms with van der Waals surface area (Å²) in [6.45, 7) is 0.474. The minimum Gasteiger partial charge on any atom is -0.388 e. The molecule has 0 aliphatic heterocycles. The minimum absolute atomic E-state index is 0.157. The van der Waals surface area contributed by atoms with Gasteiger partial charge in [-0.05, 0) is 38.4 Å². The van der Waals surface area contributed by atoms with Gasteiger partial charge in [-0.1, -0.05) is 43.2 Å². The van der Waals surface area contributed by atoms with Crippen LogP contribution in [0, 0.1) is 5.92 Å². The molecule has 0 amide bonds. The Hall–Kier alpha value is -0.900. The number of aliphatic hydroxyl groups is 2. The summed E-state index contributed by atoms with van der Waals surface area (Å²) in [7, 11) is 3.84. The molecular weight excluding hydrogens is 238 g/mol. The Morgan fingerprint density at radius 3 is 2.32 bits per heavy atom. The maximum Gasteiger partial charge on any atom is 0.119 e. The second kappa shape index (κ2) is 6.04. The lowest BCUT2D eigenvalue weighted by molar-refractivity contribution is -0.125. The standard InChI is InChI=1S/C16H25NO2/c1-17(2)12-15(18)16(19,14-10-6-7-11-14)13-8-4-3-5-9-13/h3-5,8-9,14-15,18-19H,6-7,10-12H2,1-2H3. The van der Waals surface area contributed by atoms with E-state index in [0.29, 0.717) is 6.54 Å². The van der Waals surface area contributed by atoms with Crippen LogP contribution >= 0.6 is 0 Å². The second-order valence-electron chi connectivity index (χ2n) is 5.95. The van der Waals surface area contributed by atoms with Crippen LogP contribution in [0.1, 0.15) is 31.2 Å². The van der Waals surface area contributed by atoms with Crippen LogP contribution in [-0.2, 0) is 5.60 Å². The molecule has 0 spiro atoms. The van der Waals surface area contributed by atoms with Gasteiger partial charge >= 0.3 is 0 Å². The van der Waals surface area contributed by atoms with Gasteiger partial charge in [-0.2, -0.15) is 0 Å². The smallest absolute Gasteiger partial charge is 0.119 e. The SMILES string of the molecule is CN(C)CC(O)C(O)(c1ccccc1)C1CCCC1. The van der Waals surface area contributed by atoms with Crippen LogP contribution in [0.25, 0.3) is 0 Å². The van der Waals surface area contributed by atoms with Crippen molar-refractivity contribution in [2.75, 3.05) is 20.6 Å². The molecule has 19 heavy (non-hydrogen) atoms. The summed E-state index contributed by atoms with van der Waals surface area (Å²) in [5.41, 5.74) is -0.279. The number of likely N-dealkylation sites (N-methyl/N-ethyl adjacent to an activating group) is 1. The van der Waals surface area contributed by atoms with Crippen LogP contribution in [0.2, 0.25) is 0 Å². The number of hydrogen-bond donors (Lipinski definition) is 2. The molecule has 0 saturated heterocycles. The Balaban J connectivity index is 2.32. The molecule has 2 unspecified atom stereocenters. The third-order valence-corrected chi connectivity index (χ3v) is 4.26. The normalized spacial score (nSPS) is 21.5. The number of aliphatic hydroxyl groups excluding tert-OH is 1. The molecule has 1 fully saturated rings. The molecule has 2 rings (SSSR count). The van der Waals surface area contributed by atoms with E-state index in [1.807, 2.05) is 49.3 Å². The van der Waals surface area contributed by atoms with Crippen LogP contribution in [0.4, 0.5) is 0 Å². The van der Waals surface area contributed by atoms with E-state index in [1.54, 1.807) is 0 Å². The molecule has 2 N–H and O–H groups in total. The average molecular weight is 263 g/mol. The summed E-state index contributed by atoms with van der Waals surface area (Å²) >= 11 is 0. The van der Waals surface area contributed by atoms with E-state index in [9.17, 15) is 10.2 Å². The molecule has 2 atom stereocenters. The lowest BCUT2D eigenvalue weighted by atomic mass is 9.76. The van der Waals surface area contributed by atoms with Crippen molar-refractivity contribution in [2.45, 2.75) is 37.4 Å². The van der Waals surface area contributed by atoms with Crippen molar-refractivity contribution in [3.8, 4) is 0 Å². The van der Waals surface area contributed by atoms with E-state index in [-0.39, 0.29) is 5.92 Å². The third-order valence-electron chi connectivity index (χ3n) is 4.26. The van der Waals surface area contributed by atoms with Crippen molar-refractivity contribution in [3.05, 3.63) is 35.9 Å². The fraction of sp³-hybridized carbons (Fsp3) is 0.625. The van der Waals surface area contributed by atoms with Crippen molar-refractivity contribution in [1.29, 1.82) is 0 Å². The third kappa shape index (κ3) is 2.99. The van der Waals surface area contributed by atoms with Gasteiger partial charge in [-0.15, -0.1) is 0 Å². The molecule has 0 radical (unpaired) electrons. The molecule has 1 aromatic carbocycles. The van der Waals surface area contributed by atoms with Crippen LogP contribution in [-0.4, -0.2) is 41.9 Å². The molecular formula is C16H25NO2. The van der Waals surface area contributed by atoms with Crippen molar-refractivity contribution in [2.24, 2.45) is 5.92 Å². The fourth-order valence-electron chi connectivity index (χ4n) is 3.26.